The average Bonchev–Trinajstić information content (AvgIpc) is 2.53. The molecule has 2 aromatic rings. The number of pyridine rings is 1. The van der Waals surface area contributed by atoms with Crippen LogP contribution in [0.1, 0.15) is 37.3 Å². The molecule has 3 heteroatoms. The summed E-state index contributed by atoms with van der Waals surface area (Å²) >= 11 is 0. The lowest BCUT2D eigenvalue weighted by atomic mass is 9.60. The predicted molar refractivity (Wildman–Crippen MR) is 89.1 cm³/mol. The lowest BCUT2D eigenvalue weighted by Gasteiger charge is -2.47. The molecule has 1 aromatic heterocycles. The Bertz CT molecular complexity index is 591. The van der Waals surface area contributed by atoms with Crippen molar-refractivity contribution in [3.63, 3.8) is 0 Å². The first-order valence-corrected chi connectivity index (χ1v) is 8.01. The van der Waals surface area contributed by atoms with E-state index in [4.69, 9.17) is 4.74 Å². The van der Waals surface area contributed by atoms with Gasteiger partial charge in [0.2, 0.25) is 0 Å². The second-order valence-electron chi connectivity index (χ2n) is 6.20. The molecule has 116 valence electrons. The Morgan fingerprint density at radius 3 is 2.36 bits per heavy atom. The number of nitrogens with one attached hydrogen (secondary N) is 1. The summed E-state index contributed by atoms with van der Waals surface area (Å²) in [5, 5.41) is 3.71. The van der Waals surface area contributed by atoms with Crippen LogP contribution in [0.25, 0.3) is 0 Å². The minimum absolute atomic E-state index is 0.263. The Hall–Kier alpha value is -1.87. The zero-order valence-electron chi connectivity index (χ0n) is 13.4. The predicted octanol–water partition coefficient (Wildman–Crippen LogP) is 3.69. The number of hydrogen-bond donors (Lipinski definition) is 1. The Morgan fingerprint density at radius 1 is 1.14 bits per heavy atom. The first-order chi connectivity index (χ1) is 10.7. The van der Waals surface area contributed by atoms with Crippen LogP contribution in [-0.4, -0.2) is 18.1 Å². The van der Waals surface area contributed by atoms with E-state index in [0.717, 1.165) is 12.3 Å². The summed E-state index contributed by atoms with van der Waals surface area (Å²) in [5.41, 5.74) is 2.97. The highest BCUT2D eigenvalue weighted by Gasteiger charge is 2.43. The molecule has 0 aliphatic heterocycles. The van der Waals surface area contributed by atoms with Crippen LogP contribution in [0.5, 0.6) is 5.75 Å². The van der Waals surface area contributed by atoms with Crippen LogP contribution in [0.2, 0.25) is 0 Å². The summed E-state index contributed by atoms with van der Waals surface area (Å²) in [4.78, 5) is 4.07. The van der Waals surface area contributed by atoms with E-state index < -0.39 is 0 Å². The number of methoxy groups -OCH3 is 1. The molecule has 1 unspecified atom stereocenters. The lowest BCUT2D eigenvalue weighted by molar-refractivity contribution is 0.178. The molecule has 1 atom stereocenters. The van der Waals surface area contributed by atoms with E-state index in [2.05, 4.69) is 53.6 Å². The van der Waals surface area contributed by atoms with Crippen molar-refractivity contribution in [2.75, 3.05) is 7.11 Å². The van der Waals surface area contributed by atoms with Crippen molar-refractivity contribution < 1.29 is 4.74 Å². The van der Waals surface area contributed by atoms with Crippen molar-refractivity contribution in [3.8, 4) is 5.75 Å². The molecule has 0 amide bonds. The summed E-state index contributed by atoms with van der Waals surface area (Å²) in [6.45, 7) is 3.20. The van der Waals surface area contributed by atoms with E-state index in [-0.39, 0.29) is 5.41 Å². The monoisotopic (exact) mass is 296 g/mol. The number of ether oxygens (including phenoxy) is 1. The van der Waals surface area contributed by atoms with Crippen LogP contribution < -0.4 is 10.1 Å². The van der Waals surface area contributed by atoms with Crippen molar-refractivity contribution in [1.29, 1.82) is 0 Å². The molecule has 1 aliphatic rings. The van der Waals surface area contributed by atoms with Gasteiger partial charge in [-0.25, -0.2) is 0 Å². The van der Waals surface area contributed by atoms with Gasteiger partial charge >= 0.3 is 0 Å². The molecule has 1 N–H and O–H groups in total. The van der Waals surface area contributed by atoms with Crippen molar-refractivity contribution in [1.82, 2.24) is 10.3 Å². The van der Waals surface area contributed by atoms with Crippen molar-refractivity contribution in [2.45, 2.75) is 44.2 Å². The fourth-order valence-corrected chi connectivity index (χ4v) is 3.42. The summed E-state index contributed by atoms with van der Waals surface area (Å²) in [5.74, 6) is 0.927. The van der Waals surface area contributed by atoms with Gasteiger partial charge in [0, 0.05) is 30.4 Å². The maximum absolute atomic E-state index is 5.28. The molecule has 1 aliphatic carbocycles. The van der Waals surface area contributed by atoms with Crippen LogP contribution in [-0.2, 0) is 12.0 Å². The molecule has 0 radical (unpaired) electrons. The summed E-state index contributed by atoms with van der Waals surface area (Å²) in [6, 6.07) is 13.2. The van der Waals surface area contributed by atoms with E-state index in [9.17, 15) is 0 Å². The highest BCUT2D eigenvalue weighted by atomic mass is 16.5. The molecule has 22 heavy (non-hydrogen) atoms. The van der Waals surface area contributed by atoms with E-state index in [1.165, 1.54) is 30.4 Å². The third-order valence-corrected chi connectivity index (χ3v) is 5.10. The van der Waals surface area contributed by atoms with Gasteiger partial charge in [-0.1, -0.05) is 18.6 Å². The number of aromatic nitrogens is 1. The van der Waals surface area contributed by atoms with E-state index in [1.807, 2.05) is 12.4 Å². The molecular formula is C19H24N2O. The fraction of sp³-hybridized carbons (Fsp3) is 0.421. The van der Waals surface area contributed by atoms with Gasteiger partial charge in [-0.3, -0.25) is 4.98 Å². The normalized spacial score (nSPS) is 17.5. The second-order valence-corrected chi connectivity index (χ2v) is 6.20. The molecule has 1 fully saturated rings. The molecule has 3 nitrogen and oxygen atoms in total. The Balaban J connectivity index is 1.71. The van der Waals surface area contributed by atoms with Gasteiger partial charge in [-0.05, 0) is 55.2 Å². The van der Waals surface area contributed by atoms with Crippen LogP contribution >= 0.6 is 0 Å². The summed E-state index contributed by atoms with van der Waals surface area (Å²) < 4.78 is 5.28. The molecule has 1 aromatic carbocycles. The Kier molecular flexibility index (Phi) is 4.44. The third kappa shape index (κ3) is 2.86. The average molecular weight is 296 g/mol. The molecule has 1 saturated carbocycles. The van der Waals surface area contributed by atoms with Gasteiger partial charge in [-0.15, -0.1) is 0 Å². The minimum Gasteiger partial charge on any atom is -0.497 e. The maximum Gasteiger partial charge on any atom is 0.118 e. The maximum atomic E-state index is 5.28. The topological polar surface area (TPSA) is 34.1 Å². The van der Waals surface area contributed by atoms with Crippen molar-refractivity contribution in [2.24, 2.45) is 0 Å². The molecule has 3 rings (SSSR count). The van der Waals surface area contributed by atoms with Gasteiger partial charge in [0.15, 0.2) is 0 Å². The molecule has 1 heterocycles. The third-order valence-electron chi connectivity index (χ3n) is 5.10. The molecule has 0 bridgehead atoms. The van der Waals surface area contributed by atoms with Crippen LogP contribution in [0, 0.1) is 0 Å². The highest BCUT2D eigenvalue weighted by Crippen LogP contribution is 2.46. The zero-order valence-corrected chi connectivity index (χ0v) is 13.4. The van der Waals surface area contributed by atoms with Gasteiger partial charge in [-0.2, -0.15) is 0 Å². The fourth-order valence-electron chi connectivity index (χ4n) is 3.42. The highest BCUT2D eigenvalue weighted by molar-refractivity contribution is 5.35. The van der Waals surface area contributed by atoms with E-state index in [1.54, 1.807) is 7.11 Å². The number of benzene rings is 1. The van der Waals surface area contributed by atoms with Crippen molar-refractivity contribution in [3.05, 3.63) is 59.9 Å². The minimum atomic E-state index is 0.263. The Morgan fingerprint density at radius 2 is 1.82 bits per heavy atom. The second kappa shape index (κ2) is 6.49. The number of rotatable bonds is 6. The molecular weight excluding hydrogens is 272 g/mol. The van der Waals surface area contributed by atoms with E-state index >= 15 is 0 Å². The van der Waals surface area contributed by atoms with Crippen LogP contribution in [0.3, 0.4) is 0 Å². The zero-order chi connectivity index (χ0) is 15.4. The smallest absolute Gasteiger partial charge is 0.118 e. The molecule has 0 spiro atoms. The van der Waals surface area contributed by atoms with Crippen LogP contribution in [0.15, 0.2) is 48.8 Å². The van der Waals surface area contributed by atoms with Crippen LogP contribution in [0.4, 0.5) is 0 Å². The number of nitrogens with zero attached hydrogens (tertiary/aromatic N) is 1. The first-order valence-electron chi connectivity index (χ1n) is 8.01. The van der Waals surface area contributed by atoms with Gasteiger partial charge in [0.05, 0.1) is 7.11 Å². The van der Waals surface area contributed by atoms with Gasteiger partial charge < -0.3 is 10.1 Å². The van der Waals surface area contributed by atoms with Crippen molar-refractivity contribution >= 4 is 0 Å². The lowest BCUT2D eigenvalue weighted by Crippen LogP contribution is -2.50. The molecule has 0 saturated heterocycles. The van der Waals surface area contributed by atoms with E-state index in [0.29, 0.717) is 6.04 Å². The largest absolute Gasteiger partial charge is 0.497 e. The SMILES string of the molecule is COc1ccc(C2(C(C)NCc3ccncc3)CCC2)cc1. The standard InChI is InChI=1S/C19H24N2O/c1-15(21-14-16-8-12-20-13-9-16)19(10-3-11-19)17-4-6-18(22-2)7-5-17/h4-9,12-13,15,21H,3,10-11,14H2,1-2H3. The first kappa shape index (κ1) is 15.0. The van der Waals surface area contributed by atoms with Gasteiger partial charge in [0.1, 0.15) is 5.75 Å². The Labute approximate surface area is 132 Å². The quantitative estimate of drug-likeness (QED) is 0.882. The summed E-state index contributed by atoms with van der Waals surface area (Å²) in [7, 11) is 1.72. The van der Waals surface area contributed by atoms with Gasteiger partial charge in [0.25, 0.3) is 0 Å². The number of hydrogen-bond acceptors (Lipinski definition) is 3. The summed E-state index contributed by atoms with van der Waals surface area (Å²) in [6.07, 6.45) is 7.52.